The van der Waals surface area contributed by atoms with E-state index in [4.69, 9.17) is 4.74 Å². The Morgan fingerprint density at radius 3 is 2.95 bits per heavy atom. The molecule has 0 spiro atoms. The van der Waals surface area contributed by atoms with Crippen LogP contribution in [-0.4, -0.2) is 24.9 Å². The number of hydrogen-bond donors (Lipinski definition) is 1. The third-order valence-corrected chi connectivity index (χ3v) is 5.08. The minimum absolute atomic E-state index is 0.319. The van der Waals surface area contributed by atoms with Gasteiger partial charge in [0.15, 0.2) is 0 Å². The summed E-state index contributed by atoms with van der Waals surface area (Å²) in [5, 5.41) is 3.57. The third kappa shape index (κ3) is 4.55. The fraction of sp³-hybridized carbons (Fsp3) is 0.467. The lowest BCUT2D eigenvalue weighted by Gasteiger charge is -2.19. The van der Waals surface area contributed by atoms with E-state index in [0.717, 1.165) is 42.0 Å². The first kappa shape index (κ1) is 14.9. The summed E-state index contributed by atoms with van der Waals surface area (Å²) < 4.78 is 6.87. The van der Waals surface area contributed by atoms with Gasteiger partial charge < -0.3 is 10.1 Å². The van der Waals surface area contributed by atoms with E-state index in [1.54, 1.807) is 0 Å². The molecule has 1 aliphatic rings. The van der Waals surface area contributed by atoms with Crippen molar-refractivity contribution < 1.29 is 4.74 Å². The molecule has 2 nitrogen and oxygen atoms in total. The van der Waals surface area contributed by atoms with Crippen molar-refractivity contribution in [2.24, 2.45) is 0 Å². The van der Waals surface area contributed by atoms with Crippen LogP contribution < -0.4 is 5.32 Å². The predicted molar refractivity (Wildman–Crippen MR) is 85.6 cm³/mol. The smallest absolute Gasteiger partial charge is 0.110 e. The van der Waals surface area contributed by atoms with Crippen LogP contribution in [0.1, 0.15) is 19.8 Å². The summed E-state index contributed by atoms with van der Waals surface area (Å²) in [7, 11) is 0. The van der Waals surface area contributed by atoms with Crippen LogP contribution in [-0.2, 0) is 4.74 Å². The molecule has 19 heavy (non-hydrogen) atoms. The third-order valence-electron chi connectivity index (χ3n) is 2.96. The molecular weight excluding hydrogens is 322 g/mol. The van der Waals surface area contributed by atoms with E-state index in [1.165, 1.54) is 4.90 Å². The molecule has 1 N–H and O–H groups in total. The van der Waals surface area contributed by atoms with Gasteiger partial charge >= 0.3 is 0 Å². The molecule has 0 radical (unpaired) electrons. The van der Waals surface area contributed by atoms with Gasteiger partial charge in [0.1, 0.15) is 5.76 Å². The number of ether oxygens (including phenoxy) is 1. The molecule has 1 unspecified atom stereocenters. The van der Waals surface area contributed by atoms with Crippen molar-refractivity contribution in [3.63, 3.8) is 0 Å². The van der Waals surface area contributed by atoms with Crippen molar-refractivity contribution in [2.75, 3.05) is 18.9 Å². The maximum atomic E-state index is 5.70. The molecule has 0 saturated heterocycles. The van der Waals surface area contributed by atoms with E-state index in [1.807, 2.05) is 17.8 Å². The van der Waals surface area contributed by atoms with Gasteiger partial charge in [-0.3, -0.25) is 0 Å². The quantitative estimate of drug-likeness (QED) is 0.750. The Hall–Kier alpha value is -0.450. The van der Waals surface area contributed by atoms with E-state index in [0.29, 0.717) is 6.04 Å². The first-order chi connectivity index (χ1) is 9.31. The Balaban J connectivity index is 1.94. The molecule has 0 bridgehead atoms. The number of halogens is 1. The lowest BCUT2D eigenvalue weighted by Crippen LogP contribution is -2.34. The lowest BCUT2D eigenvalue weighted by atomic mass is 10.2. The first-order valence-corrected chi connectivity index (χ1v) is 8.52. The highest BCUT2D eigenvalue weighted by atomic mass is 79.9. The monoisotopic (exact) mass is 341 g/mol. The highest BCUT2D eigenvalue weighted by molar-refractivity contribution is 9.10. The molecule has 0 aromatic heterocycles. The molecule has 4 heteroatoms. The molecule has 1 atom stereocenters. The molecule has 1 heterocycles. The number of nitrogens with one attached hydrogen (secondary N) is 1. The van der Waals surface area contributed by atoms with Crippen molar-refractivity contribution >= 4 is 27.7 Å². The summed E-state index contributed by atoms with van der Waals surface area (Å²) in [6, 6.07) is 8.67. The standard InChI is InChI=1S/C15H20BrNOS/c1-2-9-17-13(14-7-5-10-18-14)11-19-15-8-4-3-6-12(15)16/h3-4,6-8,13,17H,2,5,9-11H2,1H3. The molecule has 2 rings (SSSR count). The topological polar surface area (TPSA) is 21.3 Å². The van der Waals surface area contributed by atoms with E-state index < -0.39 is 0 Å². The molecule has 0 aliphatic carbocycles. The van der Waals surface area contributed by atoms with Gasteiger partial charge in [-0.1, -0.05) is 19.1 Å². The number of benzene rings is 1. The van der Waals surface area contributed by atoms with Gasteiger partial charge in [-0.25, -0.2) is 0 Å². The number of hydrogen-bond acceptors (Lipinski definition) is 3. The molecule has 0 fully saturated rings. The van der Waals surface area contributed by atoms with Crippen LogP contribution in [0, 0.1) is 0 Å². The minimum Gasteiger partial charge on any atom is -0.496 e. The lowest BCUT2D eigenvalue weighted by molar-refractivity contribution is 0.220. The number of rotatable bonds is 7. The summed E-state index contributed by atoms with van der Waals surface area (Å²) in [5.74, 6) is 2.11. The van der Waals surface area contributed by atoms with E-state index in [2.05, 4.69) is 52.4 Å². The highest BCUT2D eigenvalue weighted by Crippen LogP contribution is 2.29. The zero-order chi connectivity index (χ0) is 13.5. The summed E-state index contributed by atoms with van der Waals surface area (Å²) in [6.07, 6.45) is 4.40. The first-order valence-electron chi connectivity index (χ1n) is 6.75. The Labute approximate surface area is 128 Å². The second-order valence-corrected chi connectivity index (χ2v) is 6.41. The second-order valence-electron chi connectivity index (χ2n) is 4.49. The summed E-state index contributed by atoms with van der Waals surface area (Å²) in [5.41, 5.74) is 0. The second kappa shape index (κ2) is 7.98. The van der Waals surface area contributed by atoms with Crippen molar-refractivity contribution in [3.8, 4) is 0 Å². The summed E-state index contributed by atoms with van der Waals surface area (Å²) in [4.78, 5) is 1.28. The molecular formula is C15H20BrNOS. The fourth-order valence-electron chi connectivity index (χ4n) is 1.97. The van der Waals surface area contributed by atoms with Gasteiger partial charge in [-0.05, 0) is 47.1 Å². The molecule has 0 amide bonds. The normalized spacial score (nSPS) is 16.0. The van der Waals surface area contributed by atoms with E-state index in [-0.39, 0.29) is 0 Å². The summed E-state index contributed by atoms with van der Waals surface area (Å²) >= 11 is 5.46. The van der Waals surface area contributed by atoms with Crippen molar-refractivity contribution in [3.05, 3.63) is 40.6 Å². The molecule has 1 aromatic carbocycles. The van der Waals surface area contributed by atoms with E-state index in [9.17, 15) is 0 Å². The highest BCUT2D eigenvalue weighted by Gasteiger charge is 2.18. The van der Waals surface area contributed by atoms with Crippen molar-refractivity contribution in [1.82, 2.24) is 5.32 Å². The molecule has 0 saturated carbocycles. The minimum atomic E-state index is 0.319. The predicted octanol–water partition coefficient (Wildman–Crippen LogP) is 4.21. The van der Waals surface area contributed by atoms with Crippen LogP contribution in [0.4, 0.5) is 0 Å². The van der Waals surface area contributed by atoms with Crippen molar-refractivity contribution in [1.29, 1.82) is 0 Å². The average molecular weight is 342 g/mol. The van der Waals surface area contributed by atoms with Crippen LogP contribution in [0.5, 0.6) is 0 Å². The van der Waals surface area contributed by atoms with Crippen molar-refractivity contribution in [2.45, 2.75) is 30.7 Å². The van der Waals surface area contributed by atoms with Gasteiger partial charge in [-0.15, -0.1) is 11.8 Å². The number of thioether (sulfide) groups is 1. The molecule has 1 aliphatic heterocycles. The van der Waals surface area contributed by atoms with Gasteiger partial charge in [-0.2, -0.15) is 0 Å². The largest absolute Gasteiger partial charge is 0.496 e. The summed E-state index contributed by atoms with van der Waals surface area (Å²) in [6.45, 7) is 4.05. The van der Waals surface area contributed by atoms with Crippen LogP contribution in [0.3, 0.4) is 0 Å². The van der Waals surface area contributed by atoms with Gasteiger partial charge in [0.25, 0.3) is 0 Å². The SMILES string of the molecule is CCCNC(CSc1ccccc1Br)C1=CCCO1. The fourth-order valence-corrected chi connectivity index (χ4v) is 3.61. The maximum absolute atomic E-state index is 5.70. The van der Waals surface area contributed by atoms with Crippen LogP contribution in [0.25, 0.3) is 0 Å². The Bertz CT molecular complexity index is 436. The van der Waals surface area contributed by atoms with Crippen LogP contribution in [0.15, 0.2) is 45.5 Å². The zero-order valence-electron chi connectivity index (χ0n) is 11.2. The van der Waals surface area contributed by atoms with Crippen LogP contribution >= 0.6 is 27.7 Å². The molecule has 104 valence electrons. The van der Waals surface area contributed by atoms with Gasteiger partial charge in [0.2, 0.25) is 0 Å². The van der Waals surface area contributed by atoms with Gasteiger partial charge in [0.05, 0.1) is 12.6 Å². The zero-order valence-corrected chi connectivity index (χ0v) is 13.6. The molecule has 1 aromatic rings. The maximum Gasteiger partial charge on any atom is 0.110 e. The van der Waals surface area contributed by atoms with Gasteiger partial charge in [0, 0.05) is 21.5 Å². The van der Waals surface area contributed by atoms with E-state index >= 15 is 0 Å². The Kier molecular flexibility index (Phi) is 6.28. The average Bonchev–Trinajstić information content (AvgIpc) is 2.94. The Morgan fingerprint density at radius 2 is 2.26 bits per heavy atom. The van der Waals surface area contributed by atoms with Crippen LogP contribution in [0.2, 0.25) is 0 Å². The Morgan fingerprint density at radius 1 is 1.42 bits per heavy atom.